The molecule has 0 aromatic heterocycles. The molecule has 140 valence electrons. The number of rotatable bonds is 3. The van der Waals surface area contributed by atoms with E-state index < -0.39 is 0 Å². The van der Waals surface area contributed by atoms with E-state index in [4.69, 9.17) is 4.99 Å². The van der Waals surface area contributed by atoms with Crippen LogP contribution in [0.3, 0.4) is 0 Å². The van der Waals surface area contributed by atoms with E-state index in [1.807, 2.05) is 0 Å². The van der Waals surface area contributed by atoms with Crippen molar-refractivity contribution >= 4 is 5.96 Å². The molecule has 0 spiro atoms. The third-order valence-electron chi connectivity index (χ3n) is 5.13. The van der Waals surface area contributed by atoms with Gasteiger partial charge in [0.05, 0.1) is 6.04 Å². The summed E-state index contributed by atoms with van der Waals surface area (Å²) in [7, 11) is 0. The lowest BCUT2D eigenvalue weighted by Crippen LogP contribution is -2.44. The Morgan fingerprint density at radius 2 is 1.38 bits per heavy atom. The lowest BCUT2D eigenvalue weighted by atomic mass is 9.95. The molecule has 5 nitrogen and oxygen atoms in total. The summed E-state index contributed by atoms with van der Waals surface area (Å²) in [4.78, 5) is 4.91. The molecule has 1 heterocycles. The molecule has 3 aliphatic rings. The van der Waals surface area contributed by atoms with E-state index in [0.29, 0.717) is 12.1 Å². The smallest absolute Gasteiger partial charge is 0.191 e. The number of piperazine rings is 1. The fourth-order valence-corrected chi connectivity index (χ4v) is 3.74. The number of nitrogens with one attached hydrogen (secondary N) is 4. The Labute approximate surface area is 148 Å². The molecular weight excluding hydrogens is 298 g/mol. The Hall–Kier alpha value is -0.810. The lowest BCUT2D eigenvalue weighted by Gasteiger charge is -2.26. The van der Waals surface area contributed by atoms with Gasteiger partial charge in [0, 0.05) is 38.8 Å². The first-order valence-electron chi connectivity index (χ1n) is 10.4. The van der Waals surface area contributed by atoms with Crippen LogP contribution in [0.4, 0.5) is 0 Å². The fraction of sp³-hybridized carbons (Fsp3) is 0.947. The lowest BCUT2D eigenvalue weighted by molar-refractivity contribution is 0.405. The summed E-state index contributed by atoms with van der Waals surface area (Å²) >= 11 is 0. The molecule has 3 rings (SSSR count). The van der Waals surface area contributed by atoms with Crippen LogP contribution in [0.25, 0.3) is 0 Å². The van der Waals surface area contributed by atoms with Crippen LogP contribution in [0, 0.1) is 0 Å². The molecule has 4 N–H and O–H groups in total. The van der Waals surface area contributed by atoms with Crippen LogP contribution in [0.1, 0.15) is 71.1 Å². The molecule has 1 saturated heterocycles. The van der Waals surface area contributed by atoms with E-state index in [-0.39, 0.29) is 0 Å². The van der Waals surface area contributed by atoms with Gasteiger partial charge in [0.2, 0.25) is 0 Å². The largest absolute Gasteiger partial charge is 0.357 e. The second-order valence-electron chi connectivity index (χ2n) is 7.28. The second-order valence-corrected chi connectivity index (χ2v) is 7.28. The maximum atomic E-state index is 4.91. The van der Waals surface area contributed by atoms with Crippen molar-refractivity contribution in [2.75, 3.05) is 32.7 Å². The zero-order valence-electron chi connectivity index (χ0n) is 15.7. The number of aliphatic imine (C=N–C) groups is 1. The van der Waals surface area contributed by atoms with Crippen LogP contribution >= 0.6 is 0 Å². The molecule has 0 aromatic rings. The number of hydrogen-bond donors (Lipinski definition) is 4. The van der Waals surface area contributed by atoms with Crippen molar-refractivity contribution in [1.82, 2.24) is 21.3 Å². The third kappa shape index (κ3) is 8.34. The van der Waals surface area contributed by atoms with Crippen molar-refractivity contribution in [2.24, 2.45) is 4.99 Å². The van der Waals surface area contributed by atoms with Gasteiger partial charge in [-0.2, -0.15) is 0 Å². The third-order valence-corrected chi connectivity index (χ3v) is 5.13. The standard InChI is InChI=1S/C15H29N3.C4H10N2/c1-2-16-15(17-13-9-5-3-6-10-13)18-14-11-7-4-8-12-14;1-2-6-4-3-5-1/h13-14H,2-12H2,1H3,(H2,16,17,18);5-6H,1-4H2. The van der Waals surface area contributed by atoms with Crippen molar-refractivity contribution in [3.8, 4) is 0 Å². The molecule has 0 amide bonds. The quantitative estimate of drug-likeness (QED) is 0.472. The first-order chi connectivity index (χ1) is 11.9. The summed E-state index contributed by atoms with van der Waals surface area (Å²) in [6, 6.07) is 1.21. The summed E-state index contributed by atoms with van der Waals surface area (Å²) in [5, 5.41) is 13.5. The second kappa shape index (κ2) is 12.5. The fourth-order valence-electron chi connectivity index (χ4n) is 3.74. The Morgan fingerprint density at radius 1 is 0.833 bits per heavy atom. The van der Waals surface area contributed by atoms with Crippen LogP contribution in [-0.4, -0.2) is 50.8 Å². The number of nitrogens with zero attached hydrogens (tertiary/aromatic N) is 1. The van der Waals surface area contributed by atoms with Gasteiger partial charge in [0.25, 0.3) is 0 Å². The Kier molecular flexibility index (Phi) is 10.2. The minimum absolute atomic E-state index is 0.559. The summed E-state index contributed by atoms with van der Waals surface area (Å²) in [5.41, 5.74) is 0. The van der Waals surface area contributed by atoms with Crippen molar-refractivity contribution in [3.05, 3.63) is 0 Å². The molecule has 0 unspecified atom stereocenters. The molecule has 0 bridgehead atoms. The topological polar surface area (TPSA) is 60.5 Å². The Balaban J connectivity index is 0.000000292. The molecule has 2 aliphatic carbocycles. The highest BCUT2D eigenvalue weighted by Gasteiger charge is 2.17. The van der Waals surface area contributed by atoms with Crippen LogP contribution in [-0.2, 0) is 0 Å². The summed E-state index contributed by atoms with van der Waals surface area (Å²) in [6.07, 6.45) is 13.5. The average molecular weight is 338 g/mol. The molecular formula is C19H39N5. The van der Waals surface area contributed by atoms with E-state index in [0.717, 1.165) is 38.7 Å². The number of guanidine groups is 1. The van der Waals surface area contributed by atoms with Gasteiger partial charge >= 0.3 is 0 Å². The highest BCUT2D eigenvalue weighted by Crippen LogP contribution is 2.21. The molecule has 3 fully saturated rings. The van der Waals surface area contributed by atoms with Gasteiger partial charge < -0.3 is 21.3 Å². The van der Waals surface area contributed by atoms with Crippen molar-refractivity contribution in [3.63, 3.8) is 0 Å². The molecule has 24 heavy (non-hydrogen) atoms. The predicted octanol–water partition coefficient (Wildman–Crippen LogP) is 2.39. The first-order valence-corrected chi connectivity index (χ1v) is 10.4. The number of hydrogen-bond acceptors (Lipinski definition) is 3. The van der Waals surface area contributed by atoms with Gasteiger partial charge in [-0.1, -0.05) is 38.5 Å². The van der Waals surface area contributed by atoms with E-state index in [1.54, 1.807) is 0 Å². The van der Waals surface area contributed by atoms with Gasteiger partial charge in [-0.15, -0.1) is 0 Å². The van der Waals surface area contributed by atoms with Gasteiger partial charge in [0.1, 0.15) is 0 Å². The van der Waals surface area contributed by atoms with Gasteiger partial charge in [-0.05, 0) is 32.6 Å². The monoisotopic (exact) mass is 337 g/mol. The molecule has 2 saturated carbocycles. The SMILES string of the molecule is C1CNCCN1.CCNC(=NC1CCCCC1)NC1CCCCC1. The van der Waals surface area contributed by atoms with E-state index in [9.17, 15) is 0 Å². The van der Waals surface area contributed by atoms with E-state index in [2.05, 4.69) is 28.2 Å². The molecule has 0 atom stereocenters. The Morgan fingerprint density at radius 3 is 1.88 bits per heavy atom. The highest BCUT2D eigenvalue weighted by molar-refractivity contribution is 5.80. The average Bonchev–Trinajstić information content (AvgIpc) is 2.66. The zero-order valence-corrected chi connectivity index (χ0v) is 15.7. The van der Waals surface area contributed by atoms with Gasteiger partial charge in [0.15, 0.2) is 5.96 Å². The molecule has 0 aromatic carbocycles. The summed E-state index contributed by atoms with van der Waals surface area (Å²) in [6.45, 7) is 7.67. The summed E-state index contributed by atoms with van der Waals surface area (Å²) < 4.78 is 0. The highest BCUT2D eigenvalue weighted by atomic mass is 15.2. The van der Waals surface area contributed by atoms with Gasteiger partial charge in [-0.3, -0.25) is 0 Å². The van der Waals surface area contributed by atoms with Crippen molar-refractivity contribution in [2.45, 2.75) is 83.2 Å². The minimum Gasteiger partial charge on any atom is -0.357 e. The van der Waals surface area contributed by atoms with E-state index >= 15 is 0 Å². The minimum atomic E-state index is 0.559. The van der Waals surface area contributed by atoms with Crippen LogP contribution < -0.4 is 21.3 Å². The van der Waals surface area contributed by atoms with Crippen LogP contribution in [0.2, 0.25) is 0 Å². The Bertz CT molecular complexity index is 317. The normalized spacial score (nSPS) is 24.0. The zero-order chi connectivity index (χ0) is 16.9. The van der Waals surface area contributed by atoms with Crippen LogP contribution in [0.5, 0.6) is 0 Å². The summed E-state index contributed by atoms with van der Waals surface area (Å²) in [5.74, 6) is 1.07. The predicted molar refractivity (Wildman–Crippen MR) is 104 cm³/mol. The molecule has 5 heteroatoms. The van der Waals surface area contributed by atoms with Gasteiger partial charge in [-0.25, -0.2) is 4.99 Å². The van der Waals surface area contributed by atoms with Crippen molar-refractivity contribution < 1.29 is 0 Å². The van der Waals surface area contributed by atoms with Crippen LogP contribution in [0.15, 0.2) is 4.99 Å². The van der Waals surface area contributed by atoms with E-state index in [1.165, 1.54) is 64.2 Å². The first kappa shape index (κ1) is 19.5. The maximum Gasteiger partial charge on any atom is 0.191 e. The van der Waals surface area contributed by atoms with Crippen molar-refractivity contribution in [1.29, 1.82) is 0 Å². The maximum absolute atomic E-state index is 4.91. The molecule has 0 radical (unpaired) electrons. The molecule has 1 aliphatic heterocycles.